The fourth-order valence-corrected chi connectivity index (χ4v) is 4.59. The molecule has 1 aromatic carbocycles. The number of methoxy groups -OCH3 is 1. The maximum absolute atomic E-state index is 11.8. The molecular formula is C21H30O3. The van der Waals surface area contributed by atoms with E-state index >= 15 is 0 Å². The molecule has 2 aliphatic rings. The van der Waals surface area contributed by atoms with E-state index in [-0.39, 0.29) is 11.2 Å². The molecule has 1 aromatic rings. The lowest BCUT2D eigenvalue weighted by atomic mass is 9.67. The van der Waals surface area contributed by atoms with Crippen molar-refractivity contribution in [3.05, 3.63) is 29.8 Å². The van der Waals surface area contributed by atoms with Gasteiger partial charge in [-0.05, 0) is 55.2 Å². The Morgan fingerprint density at radius 3 is 2.50 bits per heavy atom. The largest absolute Gasteiger partial charge is 0.504 e. The van der Waals surface area contributed by atoms with Crippen molar-refractivity contribution >= 4 is 11.9 Å². The minimum absolute atomic E-state index is 0.0671. The zero-order chi connectivity index (χ0) is 18.0. The zero-order valence-corrected chi connectivity index (χ0v) is 15.6. The average Bonchev–Trinajstić information content (AvgIpc) is 2.92. The molecule has 2 bridgehead atoms. The van der Waals surface area contributed by atoms with Gasteiger partial charge >= 0.3 is 0 Å². The molecule has 0 saturated heterocycles. The molecule has 2 unspecified atom stereocenters. The van der Waals surface area contributed by atoms with Gasteiger partial charge in [0.2, 0.25) is 0 Å². The number of fused-ring (bicyclic) bond motifs is 2. The van der Waals surface area contributed by atoms with E-state index in [0.717, 1.165) is 24.8 Å². The quantitative estimate of drug-likeness (QED) is 0.826. The normalized spacial score (nSPS) is 27.2. The summed E-state index contributed by atoms with van der Waals surface area (Å²) in [6, 6.07) is 5.24. The molecule has 132 valence electrons. The van der Waals surface area contributed by atoms with Gasteiger partial charge in [0.25, 0.3) is 0 Å². The fraction of sp³-hybridized carbons (Fsp3) is 0.571. The Bertz CT molecular complexity index is 630. The number of hydrogen-bond acceptors (Lipinski definition) is 3. The molecule has 0 radical (unpaired) electrons. The minimum Gasteiger partial charge on any atom is -0.504 e. The van der Waals surface area contributed by atoms with Gasteiger partial charge in [0.15, 0.2) is 11.5 Å². The lowest BCUT2D eigenvalue weighted by Crippen LogP contribution is -2.34. The minimum atomic E-state index is 0.0671. The Balaban J connectivity index is 0.000000174. The Labute approximate surface area is 145 Å². The van der Waals surface area contributed by atoms with Gasteiger partial charge in [-0.2, -0.15) is 0 Å². The number of hydrogen-bond donors (Lipinski definition) is 1. The van der Waals surface area contributed by atoms with E-state index in [2.05, 4.69) is 20.8 Å². The highest BCUT2D eigenvalue weighted by Gasteiger charge is 2.62. The number of ether oxygens (including phenoxy) is 1. The summed E-state index contributed by atoms with van der Waals surface area (Å²) in [6.07, 6.45) is 8.23. The monoisotopic (exact) mass is 330 g/mol. The maximum atomic E-state index is 11.8. The Morgan fingerprint density at radius 1 is 1.38 bits per heavy atom. The summed E-state index contributed by atoms with van der Waals surface area (Å²) in [5, 5.41) is 9.25. The number of phenols is 1. The van der Waals surface area contributed by atoms with Gasteiger partial charge in [-0.15, -0.1) is 0 Å². The number of ketones is 1. The lowest BCUT2D eigenvalue weighted by molar-refractivity contribution is -0.129. The number of Topliss-reactive ketones (excluding diaryl/α,β-unsaturated/α-hetero) is 1. The first-order chi connectivity index (χ1) is 11.3. The van der Waals surface area contributed by atoms with Crippen molar-refractivity contribution in [3.8, 4) is 11.5 Å². The molecule has 2 aliphatic carbocycles. The van der Waals surface area contributed by atoms with Crippen LogP contribution in [0.4, 0.5) is 0 Å². The molecule has 2 fully saturated rings. The van der Waals surface area contributed by atoms with E-state index in [1.807, 2.05) is 25.1 Å². The van der Waals surface area contributed by atoms with E-state index in [1.54, 1.807) is 12.1 Å². The van der Waals surface area contributed by atoms with Crippen molar-refractivity contribution in [2.75, 3.05) is 7.11 Å². The topological polar surface area (TPSA) is 46.5 Å². The first-order valence-electron chi connectivity index (χ1n) is 8.85. The predicted octanol–water partition coefficient (Wildman–Crippen LogP) is 5.23. The Morgan fingerprint density at radius 2 is 2.08 bits per heavy atom. The summed E-state index contributed by atoms with van der Waals surface area (Å²) in [7, 11) is 1.54. The van der Waals surface area contributed by atoms with Gasteiger partial charge in [-0.25, -0.2) is 0 Å². The average molecular weight is 330 g/mol. The highest BCUT2D eigenvalue weighted by molar-refractivity contribution is 5.89. The standard InChI is InChI=1S/C11H18O.C10H12O2/c1-4-11-6-5-8(7-9(11)12)10(11,2)3;1-3-4-8-5-6-9(11)10(7-8)12-2/h8H,4-7H2,1-3H3;3-7,11H,1-2H3/b;4-3+. The fourth-order valence-electron chi connectivity index (χ4n) is 4.59. The first-order valence-corrected chi connectivity index (χ1v) is 8.85. The van der Waals surface area contributed by atoms with Gasteiger partial charge in [0.05, 0.1) is 7.11 Å². The molecule has 0 aliphatic heterocycles. The number of allylic oxidation sites excluding steroid dienone is 1. The molecule has 0 aromatic heterocycles. The van der Waals surface area contributed by atoms with Crippen LogP contribution in [0.2, 0.25) is 0 Å². The molecule has 0 heterocycles. The predicted molar refractivity (Wildman–Crippen MR) is 98.2 cm³/mol. The summed E-state index contributed by atoms with van der Waals surface area (Å²) in [4.78, 5) is 11.8. The van der Waals surface area contributed by atoms with Crippen LogP contribution in [-0.4, -0.2) is 18.0 Å². The number of benzene rings is 1. The molecule has 0 spiro atoms. The van der Waals surface area contributed by atoms with Crippen molar-refractivity contribution < 1.29 is 14.6 Å². The first kappa shape index (κ1) is 18.6. The van der Waals surface area contributed by atoms with E-state index in [0.29, 0.717) is 22.9 Å². The van der Waals surface area contributed by atoms with Crippen molar-refractivity contribution in [2.24, 2.45) is 16.7 Å². The van der Waals surface area contributed by atoms with Crippen LogP contribution < -0.4 is 4.74 Å². The molecule has 2 atom stereocenters. The van der Waals surface area contributed by atoms with Gasteiger partial charge in [-0.1, -0.05) is 39.0 Å². The molecule has 2 saturated carbocycles. The van der Waals surface area contributed by atoms with Crippen molar-refractivity contribution in [2.45, 2.75) is 53.4 Å². The maximum Gasteiger partial charge on any atom is 0.161 e. The van der Waals surface area contributed by atoms with E-state index in [1.165, 1.54) is 13.5 Å². The summed E-state index contributed by atoms with van der Waals surface area (Å²) in [6.45, 7) is 8.70. The van der Waals surface area contributed by atoms with Gasteiger partial charge in [0, 0.05) is 11.8 Å². The molecule has 0 amide bonds. The molecule has 3 rings (SSSR count). The lowest BCUT2D eigenvalue weighted by Gasteiger charge is -2.35. The molecule has 3 nitrogen and oxygen atoms in total. The molecule has 24 heavy (non-hydrogen) atoms. The van der Waals surface area contributed by atoms with E-state index in [9.17, 15) is 9.90 Å². The SMILES string of the molecule is C/C=C/c1ccc(O)c(OC)c1.CCC12CCC(CC1=O)C2(C)C. The summed E-state index contributed by atoms with van der Waals surface area (Å²) >= 11 is 0. The van der Waals surface area contributed by atoms with Crippen molar-refractivity contribution in [1.82, 2.24) is 0 Å². The third-order valence-electron chi connectivity index (χ3n) is 6.31. The van der Waals surface area contributed by atoms with Crippen LogP contribution in [0.3, 0.4) is 0 Å². The van der Waals surface area contributed by atoms with Crippen LogP contribution in [0.1, 0.15) is 58.9 Å². The van der Waals surface area contributed by atoms with Crippen LogP contribution in [0, 0.1) is 16.7 Å². The Kier molecular flexibility index (Phi) is 5.42. The van der Waals surface area contributed by atoms with Crippen LogP contribution >= 0.6 is 0 Å². The smallest absolute Gasteiger partial charge is 0.161 e. The summed E-state index contributed by atoms with van der Waals surface area (Å²) in [5.41, 5.74) is 1.38. The van der Waals surface area contributed by atoms with E-state index in [4.69, 9.17) is 4.74 Å². The van der Waals surface area contributed by atoms with Crippen LogP contribution in [0.15, 0.2) is 24.3 Å². The number of rotatable bonds is 3. The summed E-state index contributed by atoms with van der Waals surface area (Å²) < 4.78 is 4.95. The third kappa shape index (κ3) is 2.97. The van der Waals surface area contributed by atoms with Crippen molar-refractivity contribution in [3.63, 3.8) is 0 Å². The van der Waals surface area contributed by atoms with Crippen LogP contribution in [-0.2, 0) is 4.79 Å². The molecule has 1 N–H and O–H groups in total. The van der Waals surface area contributed by atoms with Crippen LogP contribution in [0.5, 0.6) is 11.5 Å². The summed E-state index contributed by atoms with van der Waals surface area (Å²) in [5.74, 6) is 1.91. The third-order valence-corrected chi connectivity index (χ3v) is 6.31. The molecule has 3 heteroatoms. The molecular weight excluding hydrogens is 300 g/mol. The number of carbonyl (C=O) groups is 1. The number of aromatic hydroxyl groups is 1. The van der Waals surface area contributed by atoms with Gasteiger partial charge in [-0.3, -0.25) is 4.79 Å². The van der Waals surface area contributed by atoms with E-state index < -0.39 is 0 Å². The highest BCUT2D eigenvalue weighted by Crippen LogP contribution is 2.65. The highest BCUT2D eigenvalue weighted by atomic mass is 16.5. The number of phenolic OH excluding ortho intramolecular Hbond substituents is 1. The Hall–Kier alpha value is -1.77. The van der Waals surface area contributed by atoms with Crippen LogP contribution in [0.25, 0.3) is 6.08 Å². The van der Waals surface area contributed by atoms with Gasteiger partial charge in [0.1, 0.15) is 5.78 Å². The second-order valence-corrected chi connectivity index (χ2v) is 7.45. The zero-order valence-electron chi connectivity index (χ0n) is 15.6. The van der Waals surface area contributed by atoms with Crippen molar-refractivity contribution in [1.29, 1.82) is 0 Å². The second kappa shape index (κ2) is 7.00. The number of carbonyl (C=O) groups excluding carboxylic acids is 1. The van der Waals surface area contributed by atoms with Gasteiger partial charge < -0.3 is 9.84 Å². The second-order valence-electron chi connectivity index (χ2n) is 7.45.